The van der Waals surface area contributed by atoms with E-state index in [0.29, 0.717) is 24.9 Å². The number of hydrogen-bond donors (Lipinski definition) is 3. The Morgan fingerprint density at radius 3 is 3.20 bits per heavy atom. The lowest BCUT2D eigenvalue weighted by Crippen LogP contribution is -2.55. The van der Waals surface area contributed by atoms with Gasteiger partial charge < -0.3 is 15.2 Å². The van der Waals surface area contributed by atoms with Crippen LogP contribution in [-0.4, -0.2) is 53.0 Å². The molecular formula is C14H23N5O. The van der Waals surface area contributed by atoms with Crippen LogP contribution in [0.25, 0.3) is 0 Å². The molecule has 0 radical (unpaired) electrons. The Kier molecular flexibility index (Phi) is 3.76. The molecule has 20 heavy (non-hydrogen) atoms. The van der Waals surface area contributed by atoms with Crippen molar-refractivity contribution in [2.45, 2.75) is 38.4 Å². The first-order valence-electron chi connectivity index (χ1n) is 7.37. The second kappa shape index (κ2) is 5.54. The number of imidazole rings is 1. The van der Waals surface area contributed by atoms with Gasteiger partial charge in [0.1, 0.15) is 0 Å². The van der Waals surface area contributed by atoms with Crippen molar-refractivity contribution in [3.05, 3.63) is 17.7 Å². The lowest BCUT2D eigenvalue weighted by atomic mass is 9.93. The second-order valence-corrected chi connectivity index (χ2v) is 6.11. The summed E-state index contributed by atoms with van der Waals surface area (Å²) in [4.78, 5) is 22.1. The summed E-state index contributed by atoms with van der Waals surface area (Å²) in [5.74, 6) is 0.613. The zero-order valence-electron chi connectivity index (χ0n) is 12.1. The van der Waals surface area contributed by atoms with Gasteiger partial charge in [-0.1, -0.05) is 6.92 Å². The number of hydrogen-bond acceptors (Lipinski definition) is 4. The van der Waals surface area contributed by atoms with Crippen molar-refractivity contribution in [3.63, 3.8) is 0 Å². The van der Waals surface area contributed by atoms with Crippen LogP contribution in [0.15, 0.2) is 6.33 Å². The number of H-pyrrole nitrogens is 1. The maximum Gasteiger partial charge on any atom is 0.237 e. The highest BCUT2D eigenvalue weighted by atomic mass is 16.2. The molecule has 3 unspecified atom stereocenters. The van der Waals surface area contributed by atoms with Crippen LogP contribution in [-0.2, 0) is 17.8 Å². The third-order valence-corrected chi connectivity index (χ3v) is 4.48. The second-order valence-electron chi connectivity index (χ2n) is 6.11. The van der Waals surface area contributed by atoms with E-state index in [9.17, 15) is 4.79 Å². The van der Waals surface area contributed by atoms with E-state index >= 15 is 0 Å². The van der Waals surface area contributed by atoms with Crippen LogP contribution in [0.4, 0.5) is 0 Å². The summed E-state index contributed by atoms with van der Waals surface area (Å²) in [6.07, 6.45) is 3.40. The summed E-state index contributed by atoms with van der Waals surface area (Å²) in [6.45, 7) is 5.00. The molecule has 0 spiro atoms. The molecule has 1 saturated heterocycles. The normalized spacial score (nSPS) is 30.8. The van der Waals surface area contributed by atoms with E-state index in [2.05, 4.69) is 39.5 Å². The Bertz CT molecular complexity index is 486. The van der Waals surface area contributed by atoms with E-state index < -0.39 is 0 Å². The highest BCUT2D eigenvalue weighted by Gasteiger charge is 2.30. The molecule has 2 aliphatic rings. The highest BCUT2D eigenvalue weighted by Crippen LogP contribution is 2.17. The SMILES string of the molecule is CC1CN(C)CCC1NC(=O)C1Cc2nc[nH]c2CN1. The number of amides is 1. The van der Waals surface area contributed by atoms with Gasteiger partial charge in [0.25, 0.3) is 0 Å². The molecule has 6 nitrogen and oxygen atoms in total. The zero-order valence-corrected chi connectivity index (χ0v) is 12.1. The topological polar surface area (TPSA) is 73.0 Å². The van der Waals surface area contributed by atoms with Crippen LogP contribution >= 0.6 is 0 Å². The fraction of sp³-hybridized carbons (Fsp3) is 0.714. The Morgan fingerprint density at radius 1 is 1.55 bits per heavy atom. The molecule has 1 amide bonds. The number of carbonyl (C=O) groups is 1. The zero-order chi connectivity index (χ0) is 14.1. The smallest absolute Gasteiger partial charge is 0.237 e. The minimum atomic E-state index is -0.155. The predicted octanol–water partition coefficient (Wildman–Crippen LogP) is -0.120. The minimum absolute atomic E-state index is 0.111. The van der Waals surface area contributed by atoms with Gasteiger partial charge in [0.15, 0.2) is 0 Å². The molecule has 0 aliphatic carbocycles. The quantitative estimate of drug-likeness (QED) is 0.705. The van der Waals surface area contributed by atoms with Crippen LogP contribution in [0.3, 0.4) is 0 Å². The van der Waals surface area contributed by atoms with Gasteiger partial charge in [0.05, 0.1) is 23.8 Å². The van der Waals surface area contributed by atoms with Gasteiger partial charge in [-0.2, -0.15) is 0 Å². The monoisotopic (exact) mass is 277 g/mol. The van der Waals surface area contributed by atoms with E-state index in [-0.39, 0.29) is 11.9 Å². The first-order chi connectivity index (χ1) is 9.63. The van der Waals surface area contributed by atoms with Gasteiger partial charge in [-0.15, -0.1) is 0 Å². The van der Waals surface area contributed by atoms with E-state index in [1.165, 1.54) is 0 Å². The number of likely N-dealkylation sites (tertiary alicyclic amines) is 1. The maximum absolute atomic E-state index is 12.4. The lowest BCUT2D eigenvalue weighted by molar-refractivity contribution is -0.124. The van der Waals surface area contributed by atoms with Crippen LogP contribution in [0, 0.1) is 5.92 Å². The summed E-state index contributed by atoms with van der Waals surface area (Å²) in [5.41, 5.74) is 2.11. The van der Waals surface area contributed by atoms with E-state index in [1.807, 2.05) is 0 Å². The van der Waals surface area contributed by atoms with Gasteiger partial charge in [-0.25, -0.2) is 4.98 Å². The average molecular weight is 277 g/mol. The standard InChI is InChI=1S/C14H23N5O/c1-9-7-19(2)4-3-10(9)18-14(20)12-5-11-13(6-15-12)17-8-16-11/h8-10,12,15H,3-7H2,1-2H3,(H,16,17)(H,18,20). The number of fused-ring (bicyclic) bond motifs is 1. The molecule has 3 N–H and O–H groups in total. The molecule has 0 bridgehead atoms. The number of nitrogens with zero attached hydrogens (tertiary/aromatic N) is 2. The van der Waals surface area contributed by atoms with Crippen molar-refractivity contribution < 1.29 is 4.79 Å². The van der Waals surface area contributed by atoms with Crippen molar-refractivity contribution in [3.8, 4) is 0 Å². The molecule has 2 aliphatic heterocycles. The van der Waals surface area contributed by atoms with Gasteiger partial charge in [0.2, 0.25) is 5.91 Å². The molecule has 6 heteroatoms. The van der Waals surface area contributed by atoms with E-state index in [1.54, 1.807) is 6.33 Å². The van der Waals surface area contributed by atoms with E-state index in [4.69, 9.17) is 0 Å². The van der Waals surface area contributed by atoms with E-state index in [0.717, 1.165) is 30.9 Å². The molecule has 1 aromatic rings. The first kappa shape index (κ1) is 13.6. The Hall–Kier alpha value is -1.40. The van der Waals surface area contributed by atoms with Crippen molar-refractivity contribution in [1.29, 1.82) is 0 Å². The molecule has 3 rings (SSSR count). The van der Waals surface area contributed by atoms with Crippen LogP contribution in [0.5, 0.6) is 0 Å². The summed E-state index contributed by atoms with van der Waals surface area (Å²) < 4.78 is 0. The number of aromatic amines is 1. The summed E-state index contributed by atoms with van der Waals surface area (Å²) >= 11 is 0. The average Bonchev–Trinajstić information content (AvgIpc) is 2.89. The highest BCUT2D eigenvalue weighted by molar-refractivity contribution is 5.82. The maximum atomic E-state index is 12.4. The van der Waals surface area contributed by atoms with Crippen molar-refractivity contribution in [2.24, 2.45) is 5.92 Å². The largest absolute Gasteiger partial charge is 0.352 e. The Balaban J connectivity index is 1.57. The molecule has 3 atom stereocenters. The van der Waals surface area contributed by atoms with Crippen molar-refractivity contribution >= 4 is 5.91 Å². The van der Waals surface area contributed by atoms with Gasteiger partial charge in [-0.3, -0.25) is 10.1 Å². The molecule has 3 heterocycles. The molecular weight excluding hydrogens is 254 g/mol. The first-order valence-corrected chi connectivity index (χ1v) is 7.37. The minimum Gasteiger partial charge on any atom is -0.352 e. The molecule has 1 fully saturated rings. The van der Waals surface area contributed by atoms with Crippen LogP contribution < -0.4 is 10.6 Å². The lowest BCUT2D eigenvalue weighted by Gasteiger charge is -2.36. The Labute approximate surface area is 119 Å². The summed E-state index contributed by atoms with van der Waals surface area (Å²) in [6, 6.07) is 0.138. The number of carbonyl (C=O) groups excluding carboxylic acids is 1. The summed E-state index contributed by atoms with van der Waals surface area (Å²) in [5, 5.41) is 6.50. The molecule has 0 saturated carbocycles. The van der Waals surface area contributed by atoms with Gasteiger partial charge in [-0.05, 0) is 25.9 Å². The molecule has 1 aromatic heterocycles. The van der Waals surface area contributed by atoms with Crippen LogP contribution in [0.2, 0.25) is 0 Å². The summed E-state index contributed by atoms with van der Waals surface area (Å²) in [7, 11) is 2.14. The molecule has 110 valence electrons. The number of rotatable bonds is 2. The third kappa shape index (κ3) is 2.71. The number of piperidine rings is 1. The Morgan fingerprint density at radius 2 is 2.40 bits per heavy atom. The molecule has 0 aromatic carbocycles. The fourth-order valence-corrected chi connectivity index (χ4v) is 3.21. The van der Waals surface area contributed by atoms with Gasteiger partial charge >= 0.3 is 0 Å². The van der Waals surface area contributed by atoms with Crippen molar-refractivity contribution in [2.75, 3.05) is 20.1 Å². The van der Waals surface area contributed by atoms with Crippen LogP contribution in [0.1, 0.15) is 24.7 Å². The predicted molar refractivity (Wildman–Crippen MR) is 76.1 cm³/mol. The van der Waals surface area contributed by atoms with Crippen molar-refractivity contribution in [1.82, 2.24) is 25.5 Å². The third-order valence-electron chi connectivity index (χ3n) is 4.48. The number of aromatic nitrogens is 2. The number of nitrogens with one attached hydrogen (secondary N) is 3. The fourth-order valence-electron chi connectivity index (χ4n) is 3.21. The van der Waals surface area contributed by atoms with Gasteiger partial charge in [0, 0.05) is 25.6 Å².